The standard InChI is InChI=1S/C9H15NO2/c1-6-3-4-9(6)5-10-7(9)8(11)12-2/h6-7,10H,3-5H2,1-2H3. The zero-order valence-corrected chi connectivity index (χ0v) is 7.59. The van der Waals surface area contributed by atoms with Crippen molar-refractivity contribution in [2.24, 2.45) is 11.3 Å². The van der Waals surface area contributed by atoms with Crippen LogP contribution in [0, 0.1) is 11.3 Å². The number of esters is 1. The van der Waals surface area contributed by atoms with E-state index in [-0.39, 0.29) is 17.4 Å². The Bertz CT molecular complexity index is 213. The van der Waals surface area contributed by atoms with Crippen LogP contribution in [0.2, 0.25) is 0 Å². The molecule has 1 aliphatic carbocycles. The molecule has 0 aromatic rings. The van der Waals surface area contributed by atoms with Crippen LogP contribution in [0.25, 0.3) is 0 Å². The first-order valence-electron chi connectivity index (χ1n) is 4.52. The van der Waals surface area contributed by atoms with Gasteiger partial charge in [-0.3, -0.25) is 4.79 Å². The summed E-state index contributed by atoms with van der Waals surface area (Å²) in [5.41, 5.74) is 0.257. The Labute approximate surface area is 72.5 Å². The molecule has 12 heavy (non-hydrogen) atoms. The number of nitrogens with one attached hydrogen (secondary N) is 1. The van der Waals surface area contributed by atoms with E-state index in [2.05, 4.69) is 12.2 Å². The lowest BCUT2D eigenvalue weighted by Crippen LogP contribution is -2.72. The summed E-state index contributed by atoms with van der Waals surface area (Å²) in [7, 11) is 1.46. The highest BCUT2D eigenvalue weighted by molar-refractivity contribution is 5.78. The van der Waals surface area contributed by atoms with Crippen LogP contribution < -0.4 is 5.32 Å². The molecule has 1 heterocycles. The van der Waals surface area contributed by atoms with Gasteiger partial charge in [-0.15, -0.1) is 0 Å². The van der Waals surface area contributed by atoms with Gasteiger partial charge >= 0.3 is 5.97 Å². The topological polar surface area (TPSA) is 38.3 Å². The summed E-state index contributed by atoms with van der Waals surface area (Å²) in [5.74, 6) is 0.593. The van der Waals surface area contributed by atoms with Crippen LogP contribution in [0.4, 0.5) is 0 Å². The van der Waals surface area contributed by atoms with Crippen molar-refractivity contribution >= 4 is 5.97 Å². The first-order valence-corrected chi connectivity index (χ1v) is 4.52. The van der Waals surface area contributed by atoms with Crippen molar-refractivity contribution in [1.29, 1.82) is 0 Å². The number of hydrogen-bond donors (Lipinski definition) is 1. The van der Waals surface area contributed by atoms with E-state index in [0.717, 1.165) is 6.54 Å². The lowest BCUT2D eigenvalue weighted by molar-refractivity contribution is -0.162. The van der Waals surface area contributed by atoms with Gasteiger partial charge in [0.1, 0.15) is 6.04 Å². The van der Waals surface area contributed by atoms with Gasteiger partial charge in [-0.05, 0) is 18.8 Å². The predicted octanol–water partition coefficient (Wildman–Crippen LogP) is 0.547. The minimum atomic E-state index is -0.0900. The van der Waals surface area contributed by atoms with E-state index in [1.54, 1.807) is 0 Å². The van der Waals surface area contributed by atoms with Crippen molar-refractivity contribution in [2.45, 2.75) is 25.8 Å². The van der Waals surface area contributed by atoms with Gasteiger partial charge in [0.15, 0.2) is 0 Å². The number of carbonyl (C=O) groups excluding carboxylic acids is 1. The van der Waals surface area contributed by atoms with Gasteiger partial charge in [0.05, 0.1) is 7.11 Å². The summed E-state index contributed by atoms with van der Waals surface area (Å²) >= 11 is 0. The molecule has 2 aliphatic rings. The van der Waals surface area contributed by atoms with Gasteiger partial charge in [-0.25, -0.2) is 0 Å². The lowest BCUT2D eigenvalue weighted by atomic mass is 9.53. The second kappa shape index (κ2) is 2.46. The molecule has 0 aromatic heterocycles. The van der Waals surface area contributed by atoms with Gasteiger partial charge in [-0.2, -0.15) is 0 Å². The summed E-state index contributed by atoms with van der Waals surface area (Å²) in [6, 6.07) is -0.0220. The van der Waals surface area contributed by atoms with Crippen LogP contribution in [0.1, 0.15) is 19.8 Å². The van der Waals surface area contributed by atoms with Crippen molar-refractivity contribution in [3.63, 3.8) is 0 Å². The number of ether oxygens (including phenoxy) is 1. The number of carbonyl (C=O) groups is 1. The van der Waals surface area contributed by atoms with Crippen LogP contribution in [-0.4, -0.2) is 25.7 Å². The van der Waals surface area contributed by atoms with Crippen molar-refractivity contribution < 1.29 is 9.53 Å². The number of hydrogen-bond acceptors (Lipinski definition) is 3. The summed E-state index contributed by atoms with van der Waals surface area (Å²) < 4.78 is 4.73. The van der Waals surface area contributed by atoms with Crippen LogP contribution in [-0.2, 0) is 9.53 Å². The first kappa shape index (κ1) is 8.05. The molecule has 0 bridgehead atoms. The van der Waals surface area contributed by atoms with Gasteiger partial charge in [0.2, 0.25) is 0 Å². The summed E-state index contributed by atoms with van der Waals surface area (Å²) in [6.07, 6.45) is 2.44. The normalized spacial score (nSPS) is 44.8. The first-order chi connectivity index (χ1) is 5.70. The minimum Gasteiger partial charge on any atom is -0.468 e. The smallest absolute Gasteiger partial charge is 0.323 e. The molecule has 3 nitrogen and oxygen atoms in total. The Morgan fingerprint density at radius 3 is 2.67 bits per heavy atom. The predicted molar refractivity (Wildman–Crippen MR) is 44.6 cm³/mol. The molecule has 3 atom stereocenters. The highest BCUT2D eigenvalue weighted by atomic mass is 16.5. The second-order valence-electron chi connectivity index (χ2n) is 4.01. The fourth-order valence-corrected chi connectivity index (χ4v) is 2.40. The van der Waals surface area contributed by atoms with E-state index in [1.807, 2.05) is 0 Å². The molecular formula is C9H15NO2. The van der Waals surface area contributed by atoms with Crippen molar-refractivity contribution in [3.05, 3.63) is 0 Å². The lowest BCUT2D eigenvalue weighted by Gasteiger charge is -2.59. The van der Waals surface area contributed by atoms with Gasteiger partial charge in [-0.1, -0.05) is 6.92 Å². The molecular weight excluding hydrogens is 154 g/mol. The summed E-state index contributed by atoms with van der Waals surface area (Å²) in [6.45, 7) is 3.22. The SMILES string of the molecule is COC(=O)C1NCC12CCC2C. The second-order valence-corrected chi connectivity index (χ2v) is 4.01. The zero-order chi connectivity index (χ0) is 8.77. The third kappa shape index (κ3) is 0.774. The maximum Gasteiger partial charge on any atom is 0.323 e. The zero-order valence-electron chi connectivity index (χ0n) is 7.59. The van der Waals surface area contributed by atoms with E-state index in [4.69, 9.17) is 4.74 Å². The van der Waals surface area contributed by atoms with E-state index >= 15 is 0 Å². The Kier molecular flexibility index (Phi) is 1.65. The fraction of sp³-hybridized carbons (Fsp3) is 0.889. The van der Waals surface area contributed by atoms with E-state index in [9.17, 15) is 4.79 Å². The largest absolute Gasteiger partial charge is 0.468 e. The highest BCUT2D eigenvalue weighted by Gasteiger charge is 2.58. The van der Waals surface area contributed by atoms with Gasteiger partial charge in [0.25, 0.3) is 0 Å². The quantitative estimate of drug-likeness (QED) is 0.582. The molecule has 1 N–H and O–H groups in total. The summed E-state index contributed by atoms with van der Waals surface area (Å²) in [5, 5.41) is 3.14. The molecule has 0 radical (unpaired) electrons. The van der Waals surface area contributed by atoms with Crippen molar-refractivity contribution in [1.82, 2.24) is 5.32 Å². The monoisotopic (exact) mass is 169 g/mol. The molecule has 68 valence electrons. The molecule has 1 saturated carbocycles. The van der Waals surface area contributed by atoms with Crippen molar-refractivity contribution in [2.75, 3.05) is 13.7 Å². The molecule has 3 unspecified atom stereocenters. The third-order valence-electron chi connectivity index (χ3n) is 3.67. The number of methoxy groups -OCH3 is 1. The molecule has 0 aromatic carbocycles. The maximum atomic E-state index is 11.3. The maximum absolute atomic E-state index is 11.3. The fourth-order valence-electron chi connectivity index (χ4n) is 2.40. The third-order valence-corrected chi connectivity index (χ3v) is 3.67. The Hall–Kier alpha value is -0.570. The van der Waals surface area contributed by atoms with Crippen LogP contribution in [0.15, 0.2) is 0 Å². The van der Waals surface area contributed by atoms with E-state index in [0.29, 0.717) is 5.92 Å². The molecule has 1 saturated heterocycles. The highest BCUT2D eigenvalue weighted by Crippen LogP contribution is 2.53. The van der Waals surface area contributed by atoms with E-state index in [1.165, 1.54) is 20.0 Å². The molecule has 3 heteroatoms. The van der Waals surface area contributed by atoms with Crippen LogP contribution in [0.5, 0.6) is 0 Å². The average Bonchev–Trinajstić information content (AvgIpc) is 2.00. The minimum absolute atomic E-state index is 0.0220. The number of rotatable bonds is 1. The molecule has 0 amide bonds. The molecule has 1 aliphatic heterocycles. The Morgan fingerprint density at radius 1 is 1.67 bits per heavy atom. The molecule has 2 rings (SSSR count). The molecule has 1 spiro atoms. The van der Waals surface area contributed by atoms with Gasteiger partial charge < -0.3 is 10.1 Å². The van der Waals surface area contributed by atoms with Gasteiger partial charge in [0, 0.05) is 12.0 Å². The van der Waals surface area contributed by atoms with E-state index < -0.39 is 0 Å². The van der Waals surface area contributed by atoms with Crippen LogP contribution >= 0.6 is 0 Å². The Morgan fingerprint density at radius 2 is 2.42 bits per heavy atom. The Balaban J connectivity index is 2.05. The van der Waals surface area contributed by atoms with Crippen LogP contribution in [0.3, 0.4) is 0 Å². The average molecular weight is 169 g/mol. The summed E-state index contributed by atoms with van der Waals surface area (Å²) in [4.78, 5) is 11.3. The molecule has 2 fully saturated rings. The van der Waals surface area contributed by atoms with Crippen molar-refractivity contribution in [3.8, 4) is 0 Å².